The maximum Gasteiger partial charge on any atom is 0.410 e. The monoisotopic (exact) mass is 536 g/mol. The van der Waals surface area contributed by atoms with E-state index in [4.69, 9.17) is 14.7 Å². The number of pyridine rings is 1. The first-order valence-electron chi connectivity index (χ1n) is 12.8. The Bertz CT molecular complexity index is 1430. The highest BCUT2D eigenvalue weighted by Crippen LogP contribution is 2.36. The normalized spacial score (nSPS) is 14.3. The van der Waals surface area contributed by atoms with Crippen LogP contribution in [0.25, 0.3) is 16.9 Å². The minimum absolute atomic E-state index is 0.265. The number of carbonyl (C=O) groups excluding carboxylic acids is 1. The smallest absolute Gasteiger partial charge is 0.410 e. The number of anilines is 3. The molecular formula is C28H33FN6O2S. The molecule has 1 fully saturated rings. The largest absolute Gasteiger partial charge is 0.444 e. The van der Waals surface area contributed by atoms with Crippen molar-refractivity contribution in [2.24, 2.45) is 0 Å². The lowest BCUT2D eigenvalue weighted by molar-refractivity contribution is 0.0240. The van der Waals surface area contributed by atoms with E-state index in [-0.39, 0.29) is 11.9 Å². The van der Waals surface area contributed by atoms with E-state index in [1.165, 1.54) is 12.1 Å². The first-order valence-corrected chi connectivity index (χ1v) is 13.7. The van der Waals surface area contributed by atoms with Gasteiger partial charge in [0.25, 0.3) is 0 Å². The van der Waals surface area contributed by atoms with Gasteiger partial charge in [-0.25, -0.2) is 19.2 Å². The maximum atomic E-state index is 13.4. The second-order valence-corrected chi connectivity index (χ2v) is 11.2. The average molecular weight is 537 g/mol. The van der Waals surface area contributed by atoms with E-state index in [0.29, 0.717) is 26.2 Å². The molecule has 5 rings (SSSR count). The first-order chi connectivity index (χ1) is 18.1. The number of benzene rings is 1. The van der Waals surface area contributed by atoms with Crippen LogP contribution in [0.1, 0.15) is 33.4 Å². The van der Waals surface area contributed by atoms with Gasteiger partial charge in [-0.2, -0.15) is 0 Å². The summed E-state index contributed by atoms with van der Waals surface area (Å²) in [6.45, 7) is 10.3. The Morgan fingerprint density at radius 3 is 2.45 bits per heavy atom. The Balaban J connectivity index is 1.44. The predicted octanol–water partition coefficient (Wildman–Crippen LogP) is 5.98. The third-order valence-corrected chi connectivity index (χ3v) is 7.41. The lowest BCUT2D eigenvalue weighted by Gasteiger charge is -2.37. The van der Waals surface area contributed by atoms with Crippen molar-refractivity contribution < 1.29 is 13.9 Å². The quantitative estimate of drug-likeness (QED) is 0.312. The van der Waals surface area contributed by atoms with Crippen LogP contribution in [0.3, 0.4) is 0 Å². The summed E-state index contributed by atoms with van der Waals surface area (Å²) in [4.78, 5) is 28.5. The zero-order valence-corrected chi connectivity index (χ0v) is 23.3. The lowest BCUT2D eigenvalue weighted by Crippen LogP contribution is -2.50. The molecule has 200 valence electrons. The molecule has 1 aliphatic rings. The van der Waals surface area contributed by atoms with Gasteiger partial charge in [0, 0.05) is 44.2 Å². The summed E-state index contributed by atoms with van der Waals surface area (Å²) in [5.74, 6) is 1.72. The molecule has 10 heteroatoms. The van der Waals surface area contributed by atoms with Crippen LogP contribution in [0, 0.1) is 5.82 Å². The van der Waals surface area contributed by atoms with Gasteiger partial charge in [0.15, 0.2) is 5.13 Å². The number of nitrogens with zero attached hydrogens (tertiary/aromatic N) is 6. The van der Waals surface area contributed by atoms with Gasteiger partial charge in [0.1, 0.15) is 28.7 Å². The van der Waals surface area contributed by atoms with Gasteiger partial charge < -0.3 is 19.4 Å². The van der Waals surface area contributed by atoms with Crippen LogP contribution in [0.4, 0.5) is 26.0 Å². The molecule has 3 aromatic heterocycles. The van der Waals surface area contributed by atoms with Gasteiger partial charge in [-0.3, -0.25) is 4.40 Å². The van der Waals surface area contributed by atoms with Crippen LogP contribution < -0.4 is 9.80 Å². The second kappa shape index (κ2) is 10.2. The number of rotatable bonds is 5. The fourth-order valence-electron chi connectivity index (χ4n) is 4.64. The summed E-state index contributed by atoms with van der Waals surface area (Å²) < 4.78 is 21.2. The highest BCUT2D eigenvalue weighted by atomic mass is 32.1. The Kier molecular flexibility index (Phi) is 7.00. The summed E-state index contributed by atoms with van der Waals surface area (Å²) in [6, 6.07) is 12.5. The SMILES string of the molecule is CCc1nc2cccc(N3CCN(C(=O)OC(C)(C)C)CC3)n2c1N(C)c1nc(-c2ccc(F)cc2)cs1. The third-order valence-electron chi connectivity index (χ3n) is 6.50. The lowest BCUT2D eigenvalue weighted by atomic mass is 10.2. The molecule has 1 aromatic carbocycles. The molecule has 38 heavy (non-hydrogen) atoms. The predicted molar refractivity (Wildman–Crippen MR) is 150 cm³/mol. The van der Waals surface area contributed by atoms with E-state index in [0.717, 1.165) is 45.8 Å². The van der Waals surface area contributed by atoms with Crippen molar-refractivity contribution in [3.63, 3.8) is 0 Å². The van der Waals surface area contributed by atoms with E-state index in [1.54, 1.807) is 28.4 Å². The van der Waals surface area contributed by atoms with Crippen LogP contribution in [-0.2, 0) is 11.2 Å². The molecule has 4 heterocycles. The van der Waals surface area contributed by atoms with Crippen molar-refractivity contribution in [3.05, 3.63) is 59.4 Å². The molecule has 1 aliphatic heterocycles. The van der Waals surface area contributed by atoms with Crippen molar-refractivity contribution in [2.45, 2.75) is 39.7 Å². The number of hydrogen-bond acceptors (Lipinski definition) is 7. The molecule has 8 nitrogen and oxygen atoms in total. The summed E-state index contributed by atoms with van der Waals surface area (Å²) in [5, 5.41) is 2.82. The van der Waals surface area contributed by atoms with E-state index >= 15 is 0 Å². The van der Waals surface area contributed by atoms with Gasteiger partial charge in [-0.05, 0) is 63.6 Å². The zero-order valence-electron chi connectivity index (χ0n) is 22.4. The maximum absolute atomic E-state index is 13.4. The van der Waals surface area contributed by atoms with Crippen molar-refractivity contribution in [2.75, 3.05) is 43.0 Å². The third kappa shape index (κ3) is 5.18. The minimum atomic E-state index is -0.515. The summed E-state index contributed by atoms with van der Waals surface area (Å²) in [5.41, 5.74) is 3.01. The number of aromatic nitrogens is 3. The standard InChI is InChI=1S/C28H33FN6O2S/c1-6-21-25(32(5)26-31-22(18-38-26)19-10-12-20(29)13-11-19)35-23(30-21)8-7-9-24(35)33-14-16-34(17-15-33)27(36)37-28(2,3)4/h7-13,18H,6,14-17H2,1-5H3. The van der Waals surface area contributed by atoms with E-state index in [1.807, 2.05) is 45.3 Å². The molecule has 0 spiro atoms. The number of hydrogen-bond donors (Lipinski definition) is 0. The molecule has 1 amide bonds. The molecule has 0 N–H and O–H groups in total. The topological polar surface area (TPSA) is 66.2 Å². The summed E-state index contributed by atoms with van der Waals surface area (Å²) in [7, 11) is 2.01. The van der Waals surface area contributed by atoms with E-state index < -0.39 is 5.60 Å². The summed E-state index contributed by atoms with van der Waals surface area (Å²) in [6.07, 6.45) is 0.496. The van der Waals surface area contributed by atoms with Gasteiger partial charge in [-0.15, -0.1) is 11.3 Å². The number of aryl methyl sites for hydroxylation is 1. The van der Waals surface area contributed by atoms with Gasteiger partial charge >= 0.3 is 6.09 Å². The highest BCUT2D eigenvalue weighted by Gasteiger charge is 2.28. The Hall–Kier alpha value is -3.66. The van der Waals surface area contributed by atoms with Crippen molar-refractivity contribution >= 4 is 39.8 Å². The van der Waals surface area contributed by atoms with Gasteiger partial charge in [0.05, 0.1) is 11.4 Å². The van der Waals surface area contributed by atoms with Gasteiger partial charge in [0.2, 0.25) is 0 Å². The van der Waals surface area contributed by atoms with Crippen LogP contribution in [-0.4, -0.2) is 64.2 Å². The second-order valence-electron chi connectivity index (χ2n) is 10.3. The van der Waals surface area contributed by atoms with Crippen molar-refractivity contribution in [3.8, 4) is 11.3 Å². The van der Waals surface area contributed by atoms with Crippen LogP contribution in [0.2, 0.25) is 0 Å². The number of thiazole rings is 1. The van der Waals surface area contributed by atoms with Crippen LogP contribution in [0.15, 0.2) is 47.8 Å². The molecule has 0 bridgehead atoms. The molecule has 4 aromatic rings. The average Bonchev–Trinajstić information content (AvgIpc) is 3.53. The molecule has 0 saturated carbocycles. The number of ether oxygens (including phenoxy) is 1. The fourth-order valence-corrected chi connectivity index (χ4v) is 5.44. The van der Waals surface area contributed by atoms with Crippen molar-refractivity contribution in [1.82, 2.24) is 19.3 Å². The number of imidazole rings is 1. The van der Waals surface area contributed by atoms with Crippen LogP contribution in [0.5, 0.6) is 0 Å². The number of carbonyl (C=O) groups is 1. The molecule has 0 aliphatic carbocycles. The van der Waals surface area contributed by atoms with E-state index in [9.17, 15) is 9.18 Å². The number of amides is 1. The molecule has 0 radical (unpaired) electrons. The number of piperazine rings is 1. The van der Waals surface area contributed by atoms with Crippen molar-refractivity contribution in [1.29, 1.82) is 0 Å². The Morgan fingerprint density at radius 2 is 1.79 bits per heavy atom. The molecule has 0 unspecified atom stereocenters. The van der Waals surface area contributed by atoms with Crippen LogP contribution >= 0.6 is 11.3 Å². The fraction of sp³-hybridized carbons (Fsp3) is 0.393. The Morgan fingerprint density at radius 1 is 1.08 bits per heavy atom. The zero-order chi connectivity index (χ0) is 27.0. The van der Waals surface area contributed by atoms with Gasteiger partial charge in [-0.1, -0.05) is 13.0 Å². The summed E-state index contributed by atoms with van der Waals surface area (Å²) >= 11 is 1.54. The highest BCUT2D eigenvalue weighted by molar-refractivity contribution is 7.14. The number of fused-ring (bicyclic) bond motifs is 1. The molecular weight excluding hydrogens is 503 g/mol. The molecule has 0 atom stereocenters. The first kappa shape index (κ1) is 26.0. The molecule has 1 saturated heterocycles. The van der Waals surface area contributed by atoms with E-state index in [2.05, 4.69) is 27.2 Å². The Labute approximate surface area is 226 Å². The number of halogens is 1. The minimum Gasteiger partial charge on any atom is -0.444 e.